The molecule has 0 saturated carbocycles. The van der Waals surface area contributed by atoms with Crippen LogP contribution in [0.3, 0.4) is 0 Å². The van der Waals surface area contributed by atoms with Gasteiger partial charge in [-0.2, -0.15) is 9.37 Å². The SMILES string of the molecule is COc1cc2ncc(-c3cc(F)c(N)nc3F)n2cc1SC1(C)CCN(C(=O)OC(C)(C)C)CC1. The molecule has 0 aromatic carbocycles. The van der Waals surface area contributed by atoms with Crippen LogP contribution in [-0.4, -0.2) is 55.9 Å². The van der Waals surface area contributed by atoms with Gasteiger partial charge >= 0.3 is 6.09 Å². The van der Waals surface area contributed by atoms with E-state index in [0.29, 0.717) is 30.2 Å². The Morgan fingerprint density at radius 3 is 2.54 bits per heavy atom. The Morgan fingerprint density at radius 1 is 1.23 bits per heavy atom. The fraction of sp³-hybridized carbons (Fsp3) is 0.458. The first-order chi connectivity index (χ1) is 16.4. The Hall–Kier alpha value is -3.08. The van der Waals surface area contributed by atoms with Crippen LogP contribution in [0.2, 0.25) is 0 Å². The van der Waals surface area contributed by atoms with Gasteiger partial charge in [0.2, 0.25) is 5.95 Å². The fourth-order valence-corrected chi connectivity index (χ4v) is 5.26. The Bertz CT molecular complexity index is 1270. The largest absolute Gasteiger partial charge is 0.495 e. The quantitative estimate of drug-likeness (QED) is 0.490. The molecule has 1 aliphatic rings. The Morgan fingerprint density at radius 2 is 1.91 bits per heavy atom. The second-order valence-electron chi connectivity index (χ2n) is 9.79. The van der Waals surface area contributed by atoms with Crippen LogP contribution in [0.25, 0.3) is 16.9 Å². The summed E-state index contributed by atoms with van der Waals surface area (Å²) in [5.74, 6) is -1.55. The molecule has 3 aromatic heterocycles. The second kappa shape index (κ2) is 9.18. The van der Waals surface area contributed by atoms with Crippen molar-refractivity contribution in [2.24, 2.45) is 0 Å². The third-order valence-electron chi connectivity index (χ3n) is 5.86. The second-order valence-corrected chi connectivity index (χ2v) is 11.4. The third kappa shape index (κ3) is 5.29. The first-order valence-electron chi connectivity index (χ1n) is 11.2. The predicted octanol–water partition coefficient (Wildman–Crippen LogP) is 5.15. The first-order valence-corrected chi connectivity index (χ1v) is 12.0. The molecule has 0 spiro atoms. The molecule has 1 amide bonds. The summed E-state index contributed by atoms with van der Waals surface area (Å²) < 4.78 is 41.2. The highest BCUT2D eigenvalue weighted by Gasteiger charge is 2.35. The number of nitrogens with two attached hydrogens (primary N) is 1. The summed E-state index contributed by atoms with van der Waals surface area (Å²) in [4.78, 5) is 22.8. The zero-order valence-electron chi connectivity index (χ0n) is 20.4. The number of thioether (sulfide) groups is 1. The topological polar surface area (TPSA) is 95.0 Å². The number of rotatable bonds is 4. The first kappa shape index (κ1) is 25.0. The van der Waals surface area contributed by atoms with Crippen molar-refractivity contribution in [1.29, 1.82) is 0 Å². The minimum atomic E-state index is -0.878. The van der Waals surface area contributed by atoms with Crippen LogP contribution in [0.15, 0.2) is 29.4 Å². The van der Waals surface area contributed by atoms with Crippen molar-refractivity contribution >= 4 is 29.3 Å². The van der Waals surface area contributed by atoms with Crippen molar-refractivity contribution in [2.75, 3.05) is 25.9 Å². The zero-order valence-corrected chi connectivity index (χ0v) is 21.2. The molecule has 0 radical (unpaired) electrons. The van der Waals surface area contributed by atoms with E-state index in [1.54, 1.807) is 40.4 Å². The van der Waals surface area contributed by atoms with E-state index in [-0.39, 0.29) is 16.4 Å². The van der Waals surface area contributed by atoms with Crippen LogP contribution in [0.1, 0.15) is 40.5 Å². The molecule has 4 rings (SSSR count). The number of pyridine rings is 2. The number of halogens is 2. The molecule has 2 N–H and O–H groups in total. The van der Waals surface area contributed by atoms with Gasteiger partial charge in [0.15, 0.2) is 11.6 Å². The maximum Gasteiger partial charge on any atom is 0.410 e. The monoisotopic (exact) mass is 505 g/mol. The standard InChI is InChI=1S/C24H29F2N5O3S/c1-23(2,3)34-22(32)30-8-6-24(4,7-9-30)35-18-13-31-16(12-28-19(31)11-17(18)33-5)14-10-15(25)21(27)29-20(14)26/h10-13H,6-9H2,1-5H3,(H2,27,29). The molecule has 35 heavy (non-hydrogen) atoms. The molecule has 0 atom stereocenters. The maximum absolute atomic E-state index is 14.5. The zero-order chi connectivity index (χ0) is 25.5. The van der Waals surface area contributed by atoms with Gasteiger partial charge in [-0.25, -0.2) is 14.2 Å². The number of anilines is 1. The molecule has 0 bridgehead atoms. The number of methoxy groups -OCH3 is 1. The van der Waals surface area contributed by atoms with Gasteiger partial charge in [-0.15, -0.1) is 11.8 Å². The number of carbonyl (C=O) groups is 1. The number of nitrogens with zero attached hydrogens (tertiary/aromatic N) is 4. The van der Waals surface area contributed by atoms with Crippen LogP contribution in [0, 0.1) is 11.8 Å². The van der Waals surface area contributed by atoms with Crippen molar-refractivity contribution in [3.8, 4) is 17.0 Å². The Balaban J connectivity index is 1.61. The van der Waals surface area contributed by atoms with Crippen molar-refractivity contribution in [3.05, 3.63) is 36.3 Å². The summed E-state index contributed by atoms with van der Waals surface area (Å²) in [5.41, 5.74) is 5.67. The van der Waals surface area contributed by atoms with Gasteiger partial charge in [-0.05, 0) is 46.6 Å². The summed E-state index contributed by atoms with van der Waals surface area (Å²) in [5, 5.41) is 0. The van der Waals surface area contributed by atoms with Crippen molar-refractivity contribution in [2.45, 2.75) is 55.8 Å². The predicted molar refractivity (Wildman–Crippen MR) is 131 cm³/mol. The number of aromatic nitrogens is 3. The number of piperidine rings is 1. The highest BCUT2D eigenvalue weighted by molar-refractivity contribution is 8.00. The molecular weight excluding hydrogens is 476 g/mol. The number of hydrogen-bond acceptors (Lipinski definition) is 7. The van der Waals surface area contributed by atoms with Gasteiger partial charge in [0.25, 0.3) is 0 Å². The Labute approximate surface area is 206 Å². The molecule has 1 aliphatic heterocycles. The number of imidazole rings is 1. The molecule has 11 heteroatoms. The molecule has 4 heterocycles. The van der Waals surface area contributed by atoms with Gasteiger partial charge in [-0.3, -0.25) is 4.40 Å². The highest BCUT2D eigenvalue weighted by atomic mass is 32.2. The lowest BCUT2D eigenvalue weighted by atomic mass is 9.98. The fourth-order valence-electron chi connectivity index (χ4n) is 3.94. The maximum atomic E-state index is 14.5. The Kier molecular flexibility index (Phi) is 6.56. The van der Waals surface area contributed by atoms with Crippen LogP contribution >= 0.6 is 11.8 Å². The summed E-state index contributed by atoms with van der Waals surface area (Å²) >= 11 is 1.62. The number of likely N-dealkylation sites (tertiary alicyclic amines) is 1. The highest BCUT2D eigenvalue weighted by Crippen LogP contribution is 2.45. The normalized spacial score (nSPS) is 15.9. The van der Waals surface area contributed by atoms with Gasteiger partial charge < -0.3 is 20.1 Å². The van der Waals surface area contributed by atoms with E-state index >= 15 is 0 Å². The summed E-state index contributed by atoms with van der Waals surface area (Å²) in [6.07, 6.45) is 4.45. The lowest BCUT2D eigenvalue weighted by Crippen LogP contribution is -2.45. The minimum Gasteiger partial charge on any atom is -0.495 e. The number of ether oxygens (including phenoxy) is 2. The number of amides is 1. The average molecular weight is 506 g/mol. The average Bonchev–Trinajstić information content (AvgIpc) is 3.17. The summed E-state index contributed by atoms with van der Waals surface area (Å²) in [6, 6.07) is 2.77. The number of fused-ring (bicyclic) bond motifs is 1. The summed E-state index contributed by atoms with van der Waals surface area (Å²) in [7, 11) is 1.58. The van der Waals surface area contributed by atoms with E-state index in [0.717, 1.165) is 23.8 Å². The lowest BCUT2D eigenvalue weighted by molar-refractivity contribution is 0.0201. The van der Waals surface area contributed by atoms with Gasteiger partial charge in [0.1, 0.15) is 17.0 Å². The van der Waals surface area contributed by atoms with Gasteiger partial charge in [-0.1, -0.05) is 0 Å². The molecule has 0 aliphatic carbocycles. The summed E-state index contributed by atoms with van der Waals surface area (Å²) in [6.45, 7) is 8.83. The number of hydrogen-bond donors (Lipinski definition) is 1. The van der Waals surface area contributed by atoms with Gasteiger partial charge in [0.05, 0.1) is 29.5 Å². The molecule has 1 saturated heterocycles. The molecule has 8 nitrogen and oxygen atoms in total. The van der Waals surface area contributed by atoms with E-state index in [1.165, 1.54) is 6.20 Å². The van der Waals surface area contributed by atoms with Crippen LogP contribution in [0.4, 0.5) is 19.4 Å². The van der Waals surface area contributed by atoms with Crippen molar-refractivity contribution in [1.82, 2.24) is 19.3 Å². The minimum absolute atomic E-state index is 0.0396. The molecule has 0 unspecified atom stereocenters. The van der Waals surface area contributed by atoms with E-state index < -0.39 is 23.2 Å². The molecular formula is C24H29F2N5O3S. The van der Waals surface area contributed by atoms with Crippen molar-refractivity contribution in [3.63, 3.8) is 0 Å². The van der Waals surface area contributed by atoms with Crippen molar-refractivity contribution < 1.29 is 23.0 Å². The van der Waals surface area contributed by atoms with Gasteiger partial charge in [0, 0.05) is 30.1 Å². The van der Waals surface area contributed by atoms with Crippen LogP contribution < -0.4 is 10.5 Å². The van der Waals surface area contributed by atoms with E-state index in [1.807, 2.05) is 20.8 Å². The smallest absolute Gasteiger partial charge is 0.410 e. The molecule has 188 valence electrons. The van der Waals surface area contributed by atoms with Crippen LogP contribution in [-0.2, 0) is 4.74 Å². The van der Waals surface area contributed by atoms with E-state index in [4.69, 9.17) is 15.2 Å². The van der Waals surface area contributed by atoms with E-state index in [2.05, 4.69) is 16.9 Å². The van der Waals surface area contributed by atoms with E-state index in [9.17, 15) is 13.6 Å². The lowest BCUT2D eigenvalue weighted by Gasteiger charge is -2.39. The van der Waals surface area contributed by atoms with Crippen LogP contribution in [0.5, 0.6) is 5.75 Å². The number of nitrogen functional groups attached to an aromatic ring is 1. The number of carbonyl (C=O) groups excluding carboxylic acids is 1. The molecule has 3 aromatic rings. The third-order valence-corrected chi connectivity index (χ3v) is 7.28. The molecule has 1 fully saturated rings.